The minimum Gasteiger partial charge on any atom is -0.385 e. The number of nitrogens with two attached hydrogens (primary N) is 1. The van der Waals surface area contributed by atoms with Gasteiger partial charge in [0, 0.05) is 12.2 Å². The van der Waals surface area contributed by atoms with Crippen LogP contribution in [-0.4, -0.2) is 13.1 Å². The molecule has 0 fully saturated rings. The van der Waals surface area contributed by atoms with Crippen molar-refractivity contribution < 1.29 is 0 Å². The number of hydrogen-bond acceptors (Lipinski definition) is 2. The number of rotatable bonds is 1. The molecule has 0 radical (unpaired) electrons. The van der Waals surface area contributed by atoms with E-state index >= 15 is 0 Å². The monoisotopic (exact) mass is 212 g/mol. The van der Waals surface area contributed by atoms with E-state index in [1.54, 1.807) is 0 Å². The van der Waals surface area contributed by atoms with Crippen LogP contribution in [0.5, 0.6) is 0 Å². The molecule has 1 unspecified atom stereocenters. The van der Waals surface area contributed by atoms with Gasteiger partial charge in [-0.25, -0.2) is 0 Å². The molecule has 1 atom stereocenters. The molecule has 1 aromatic rings. The Hall–Kier alpha value is -0.730. The third-order valence-electron chi connectivity index (χ3n) is 2.73. The Morgan fingerprint density at radius 3 is 2.93 bits per heavy atom. The Kier molecular flexibility index (Phi) is 4.23. The van der Waals surface area contributed by atoms with E-state index in [0.717, 1.165) is 13.1 Å². The smallest absolute Gasteiger partial charge is 0.0376 e. The van der Waals surface area contributed by atoms with Gasteiger partial charge in [0.15, 0.2) is 0 Å². The van der Waals surface area contributed by atoms with Gasteiger partial charge < -0.3 is 11.1 Å². The van der Waals surface area contributed by atoms with Crippen molar-refractivity contribution in [2.45, 2.75) is 18.8 Å². The second-order valence-electron chi connectivity index (χ2n) is 3.59. The molecule has 1 aliphatic rings. The largest absolute Gasteiger partial charge is 0.385 e. The Morgan fingerprint density at radius 2 is 2.14 bits per heavy atom. The summed E-state index contributed by atoms with van der Waals surface area (Å²) < 4.78 is 0. The van der Waals surface area contributed by atoms with Crippen LogP contribution in [0.2, 0.25) is 0 Å². The fourth-order valence-corrected chi connectivity index (χ4v) is 1.99. The third-order valence-corrected chi connectivity index (χ3v) is 2.73. The molecule has 1 aromatic carbocycles. The van der Waals surface area contributed by atoms with Gasteiger partial charge in [-0.1, -0.05) is 18.2 Å². The van der Waals surface area contributed by atoms with Gasteiger partial charge in [0.05, 0.1) is 0 Å². The lowest BCUT2D eigenvalue weighted by Crippen LogP contribution is -2.11. The summed E-state index contributed by atoms with van der Waals surface area (Å²) in [6, 6.07) is 8.49. The second kappa shape index (κ2) is 5.23. The summed E-state index contributed by atoms with van der Waals surface area (Å²) in [6.45, 7) is 1.84. The predicted molar refractivity (Wildman–Crippen MR) is 63.2 cm³/mol. The van der Waals surface area contributed by atoms with Crippen molar-refractivity contribution in [3.05, 3.63) is 29.8 Å². The number of nitrogens with one attached hydrogen (secondary N) is 1. The lowest BCUT2D eigenvalue weighted by Gasteiger charge is -2.14. The van der Waals surface area contributed by atoms with E-state index < -0.39 is 0 Å². The van der Waals surface area contributed by atoms with Crippen LogP contribution in [0.15, 0.2) is 24.3 Å². The molecule has 0 saturated heterocycles. The molecular formula is C11H17ClN2. The molecule has 78 valence electrons. The first-order chi connectivity index (χ1) is 6.42. The SMILES string of the molecule is Cl.NCC1CCCNc2ccccc21. The van der Waals surface area contributed by atoms with Gasteiger partial charge in [-0.05, 0) is 36.9 Å². The van der Waals surface area contributed by atoms with Crippen molar-refractivity contribution in [1.29, 1.82) is 0 Å². The maximum Gasteiger partial charge on any atom is 0.0376 e. The number of benzene rings is 1. The maximum absolute atomic E-state index is 5.76. The van der Waals surface area contributed by atoms with Crippen LogP contribution in [0.4, 0.5) is 5.69 Å². The molecule has 0 aliphatic carbocycles. The topological polar surface area (TPSA) is 38.0 Å². The fraction of sp³-hybridized carbons (Fsp3) is 0.455. The zero-order valence-corrected chi connectivity index (χ0v) is 9.02. The number of fused-ring (bicyclic) bond motifs is 1. The van der Waals surface area contributed by atoms with E-state index in [1.165, 1.54) is 24.1 Å². The van der Waals surface area contributed by atoms with Crippen LogP contribution in [0, 0.1) is 0 Å². The van der Waals surface area contributed by atoms with Crippen LogP contribution in [0.1, 0.15) is 24.3 Å². The van der Waals surface area contributed by atoms with Crippen molar-refractivity contribution >= 4 is 18.1 Å². The highest BCUT2D eigenvalue weighted by atomic mass is 35.5. The Morgan fingerprint density at radius 1 is 1.36 bits per heavy atom. The van der Waals surface area contributed by atoms with E-state index in [0.29, 0.717) is 5.92 Å². The lowest BCUT2D eigenvalue weighted by atomic mass is 9.94. The molecule has 0 saturated carbocycles. The highest BCUT2D eigenvalue weighted by Gasteiger charge is 2.15. The summed E-state index contributed by atoms with van der Waals surface area (Å²) in [7, 11) is 0. The average Bonchev–Trinajstić information content (AvgIpc) is 2.39. The summed E-state index contributed by atoms with van der Waals surface area (Å²) in [5, 5.41) is 3.43. The van der Waals surface area contributed by atoms with E-state index in [2.05, 4.69) is 29.6 Å². The van der Waals surface area contributed by atoms with Gasteiger partial charge in [0.2, 0.25) is 0 Å². The first kappa shape index (κ1) is 11.3. The summed E-state index contributed by atoms with van der Waals surface area (Å²) >= 11 is 0. The number of halogens is 1. The van der Waals surface area contributed by atoms with Gasteiger partial charge in [0.1, 0.15) is 0 Å². The van der Waals surface area contributed by atoms with Crippen molar-refractivity contribution in [1.82, 2.24) is 0 Å². The van der Waals surface area contributed by atoms with Crippen LogP contribution < -0.4 is 11.1 Å². The average molecular weight is 213 g/mol. The van der Waals surface area contributed by atoms with Crippen LogP contribution in [-0.2, 0) is 0 Å². The molecule has 3 heteroatoms. The van der Waals surface area contributed by atoms with Crippen molar-refractivity contribution in [2.75, 3.05) is 18.4 Å². The number of hydrogen-bond donors (Lipinski definition) is 2. The molecule has 14 heavy (non-hydrogen) atoms. The van der Waals surface area contributed by atoms with E-state index in [1.807, 2.05) is 0 Å². The van der Waals surface area contributed by atoms with Gasteiger partial charge >= 0.3 is 0 Å². The Bertz CT molecular complexity index is 288. The highest BCUT2D eigenvalue weighted by Crippen LogP contribution is 2.29. The third kappa shape index (κ3) is 2.20. The van der Waals surface area contributed by atoms with E-state index in [-0.39, 0.29) is 12.4 Å². The Balaban J connectivity index is 0.000000980. The highest BCUT2D eigenvalue weighted by molar-refractivity contribution is 5.85. The lowest BCUT2D eigenvalue weighted by molar-refractivity contribution is 0.626. The van der Waals surface area contributed by atoms with Crippen molar-refractivity contribution in [3.63, 3.8) is 0 Å². The van der Waals surface area contributed by atoms with Crippen molar-refractivity contribution in [3.8, 4) is 0 Å². The van der Waals surface area contributed by atoms with Gasteiger partial charge in [0.25, 0.3) is 0 Å². The summed E-state index contributed by atoms with van der Waals surface area (Å²) in [4.78, 5) is 0. The van der Waals surface area contributed by atoms with Gasteiger partial charge in [-0.3, -0.25) is 0 Å². The summed E-state index contributed by atoms with van der Waals surface area (Å²) in [5.41, 5.74) is 8.42. The van der Waals surface area contributed by atoms with E-state index in [9.17, 15) is 0 Å². The van der Waals surface area contributed by atoms with Crippen molar-refractivity contribution in [2.24, 2.45) is 5.73 Å². The Labute approximate surface area is 91.3 Å². The number of para-hydroxylation sites is 1. The standard InChI is InChI=1S/C11H16N2.ClH/c12-8-9-4-3-7-13-11-6-2-1-5-10(9)11;/h1-2,5-6,9,13H,3-4,7-8,12H2;1H. The fourth-order valence-electron chi connectivity index (χ4n) is 1.99. The minimum atomic E-state index is 0. The summed E-state index contributed by atoms with van der Waals surface area (Å²) in [5.74, 6) is 0.547. The van der Waals surface area contributed by atoms with Crippen LogP contribution >= 0.6 is 12.4 Å². The normalized spacial score (nSPS) is 19.9. The molecule has 1 aliphatic heterocycles. The quantitative estimate of drug-likeness (QED) is 0.750. The van der Waals surface area contributed by atoms with Gasteiger partial charge in [-0.15, -0.1) is 12.4 Å². The van der Waals surface area contributed by atoms with E-state index in [4.69, 9.17) is 5.73 Å². The molecule has 0 spiro atoms. The molecule has 0 bridgehead atoms. The second-order valence-corrected chi connectivity index (χ2v) is 3.59. The van der Waals surface area contributed by atoms with Crippen LogP contribution in [0.3, 0.4) is 0 Å². The maximum atomic E-state index is 5.76. The molecule has 0 aromatic heterocycles. The predicted octanol–water partition coefficient (Wildman–Crippen LogP) is 2.36. The molecular weight excluding hydrogens is 196 g/mol. The molecule has 0 amide bonds. The first-order valence-corrected chi connectivity index (χ1v) is 4.94. The molecule has 2 nitrogen and oxygen atoms in total. The molecule has 3 N–H and O–H groups in total. The van der Waals surface area contributed by atoms with Crippen LogP contribution in [0.25, 0.3) is 0 Å². The van der Waals surface area contributed by atoms with Gasteiger partial charge in [-0.2, -0.15) is 0 Å². The zero-order valence-electron chi connectivity index (χ0n) is 8.20. The minimum absolute atomic E-state index is 0. The molecule has 1 heterocycles. The molecule has 2 rings (SSSR count). The zero-order chi connectivity index (χ0) is 9.10. The first-order valence-electron chi connectivity index (χ1n) is 4.94. The summed E-state index contributed by atoms with van der Waals surface area (Å²) in [6.07, 6.45) is 2.43. The number of anilines is 1.